The zero-order chi connectivity index (χ0) is 7.94. The van der Waals surface area contributed by atoms with E-state index in [-0.39, 0.29) is 0 Å². The lowest BCUT2D eigenvalue weighted by atomic mass is 9.88. The van der Waals surface area contributed by atoms with E-state index in [0.29, 0.717) is 0 Å². The van der Waals surface area contributed by atoms with Crippen LogP contribution in [0, 0.1) is 12.8 Å². The largest absolute Gasteiger partial charge is 0.0533 e. The van der Waals surface area contributed by atoms with Crippen LogP contribution in [0.4, 0.5) is 0 Å². The van der Waals surface area contributed by atoms with E-state index in [2.05, 4.69) is 6.92 Å². The van der Waals surface area contributed by atoms with E-state index in [1.807, 2.05) is 0 Å². The first-order chi connectivity index (χ1) is 5.43. The van der Waals surface area contributed by atoms with Crippen LogP contribution in [0.5, 0.6) is 0 Å². The average molecular weight is 153 g/mol. The van der Waals surface area contributed by atoms with Gasteiger partial charge in [-0.1, -0.05) is 64.7 Å². The Kier molecular flexibility index (Phi) is 4.65. The maximum atomic E-state index is 3.93. The molecule has 0 saturated heterocycles. The minimum atomic E-state index is 1.02. The molecule has 0 heteroatoms. The fraction of sp³-hybridized carbons (Fsp3) is 0.909. The maximum absolute atomic E-state index is 3.93. The highest BCUT2D eigenvalue weighted by Crippen LogP contribution is 2.25. The van der Waals surface area contributed by atoms with Crippen LogP contribution in [0.25, 0.3) is 0 Å². The Morgan fingerprint density at radius 3 is 2.00 bits per heavy atom. The van der Waals surface area contributed by atoms with Crippen molar-refractivity contribution in [3.05, 3.63) is 6.92 Å². The summed E-state index contributed by atoms with van der Waals surface area (Å²) in [6, 6.07) is 0. The monoisotopic (exact) mass is 153 g/mol. The molecule has 1 saturated carbocycles. The molecule has 0 amide bonds. The second kappa shape index (κ2) is 5.62. The van der Waals surface area contributed by atoms with E-state index in [4.69, 9.17) is 0 Å². The van der Waals surface area contributed by atoms with Crippen LogP contribution in [0.2, 0.25) is 0 Å². The fourth-order valence-electron chi connectivity index (χ4n) is 2.12. The molecule has 1 fully saturated rings. The average Bonchev–Trinajstić information content (AvgIpc) is 1.94. The van der Waals surface area contributed by atoms with Crippen molar-refractivity contribution >= 4 is 0 Å². The number of rotatable bonds is 2. The van der Waals surface area contributed by atoms with E-state index >= 15 is 0 Å². The summed E-state index contributed by atoms with van der Waals surface area (Å²) in [6.45, 7) is 3.93. The van der Waals surface area contributed by atoms with Crippen LogP contribution in [0.1, 0.15) is 57.8 Å². The Balaban J connectivity index is 2.15. The van der Waals surface area contributed by atoms with Gasteiger partial charge in [-0.3, -0.25) is 0 Å². The van der Waals surface area contributed by atoms with E-state index < -0.39 is 0 Å². The second-order valence-corrected chi connectivity index (χ2v) is 3.85. The third kappa shape index (κ3) is 3.79. The standard InChI is InChI=1S/C11H21/c1-2-8-11-9-6-4-3-5-7-10-11/h11H,1-10H2. The van der Waals surface area contributed by atoms with E-state index in [1.165, 1.54) is 51.4 Å². The summed E-state index contributed by atoms with van der Waals surface area (Å²) in [5.41, 5.74) is 0. The Hall–Kier alpha value is 0. The van der Waals surface area contributed by atoms with E-state index in [9.17, 15) is 0 Å². The van der Waals surface area contributed by atoms with Crippen molar-refractivity contribution in [3.63, 3.8) is 0 Å². The Morgan fingerprint density at radius 1 is 0.909 bits per heavy atom. The molecule has 0 nitrogen and oxygen atoms in total. The lowest BCUT2D eigenvalue weighted by Gasteiger charge is -2.18. The highest BCUT2D eigenvalue weighted by atomic mass is 14.1. The Bertz CT molecular complexity index is 78.0. The van der Waals surface area contributed by atoms with Crippen molar-refractivity contribution < 1.29 is 0 Å². The summed E-state index contributed by atoms with van der Waals surface area (Å²) in [7, 11) is 0. The topological polar surface area (TPSA) is 0 Å². The minimum absolute atomic E-state index is 1.02. The van der Waals surface area contributed by atoms with Gasteiger partial charge in [0.15, 0.2) is 0 Å². The molecule has 0 aliphatic heterocycles. The van der Waals surface area contributed by atoms with Gasteiger partial charge >= 0.3 is 0 Å². The zero-order valence-corrected chi connectivity index (χ0v) is 7.65. The Labute approximate surface area is 71.4 Å². The van der Waals surface area contributed by atoms with Crippen molar-refractivity contribution in [3.8, 4) is 0 Å². The molecule has 0 heterocycles. The van der Waals surface area contributed by atoms with Crippen molar-refractivity contribution in [2.45, 2.75) is 57.8 Å². The van der Waals surface area contributed by atoms with Crippen molar-refractivity contribution in [2.24, 2.45) is 5.92 Å². The van der Waals surface area contributed by atoms with E-state index in [0.717, 1.165) is 12.3 Å². The van der Waals surface area contributed by atoms with Gasteiger partial charge in [-0.25, -0.2) is 0 Å². The highest BCUT2D eigenvalue weighted by molar-refractivity contribution is 4.64. The molecule has 0 atom stereocenters. The molecule has 0 spiro atoms. The molecule has 0 unspecified atom stereocenters. The predicted molar refractivity (Wildman–Crippen MR) is 50.4 cm³/mol. The minimum Gasteiger partial charge on any atom is -0.0533 e. The van der Waals surface area contributed by atoms with Gasteiger partial charge in [0.1, 0.15) is 0 Å². The molecular formula is C11H21. The molecule has 65 valence electrons. The molecule has 1 rings (SSSR count). The SMILES string of the molecule is [CH2]CCC1CCCCCCC1. The molecule has 1 aliphatic rings. The molecular weight excluding hydrogens is 132 g/mol. The second-order valence-electron chi connectivity index (χ2n) is 3.85. The molecule has 0 aromatic rings. The summed E-state index contributed by atoms with van der Waals surface area (Å²) in [5.74, 6) is 1.02. The summed E-state index contributed by atoms with van der Waals surface area (Å²) >= 11 is 0. The van der Waals surface area contributed by atoms with E-state index in [1.54, 1.807) is 0 Å². The van der Waals surface area contributed by atoms with Crippen LogP contribution < -0.4 is 0 Å². The van der Waals surface area contributed by atoms with Crippen LogP contribution in [-0.4, -0.2) is 0 Å². The quantitative estimate of drug-likeness (QED) is 0.563. The van der Waals surface area contributed by atoms with Crippen LogP contribution in [-0.2, 0) is 0 Å². The molecule has 1 radical (unpaired) electrons. The first-order valence-corrected chi connectivity index (χ1v) is 5.22. The van der Waals surface area contributed by atoms with Gasteiger partial charge in [0.2, 0.25) is 0 Å². The highest BCUT2D eigenvalue weighted by Gasteiger charge is 2.09. The fourth-order valence-corrected chi connectivity index (χ4v) is 2.12. The van der Waals surface area contributed by atoms with Gasteiger partial charge in [0.05, 0.1) is 0 Å². The zero-order valence-electron chi connectivity index (χ0n) is 7.65. The molecule has 0 aromatic carbocycles. The lowest BCUT2D eigenvalue weighted by molar-refractivity contribution is 0.360. The Morgan fingerprint density at radius 2 is 1.45 bits per heavy atom. The summed E-state index contributed by atoms with van der Waals surface area (Å²) in [6.07, 6.45) is 12.9. The maximum Gasteiger partial charge on any atom is -0.0414 e. The van der Waals surface area contributed by atoms with Gasteiger partial charge in [-0.15, -0.1) is 0 Å². The van der Waals surface area contributed by atoms with Gasteiger partial charge in [-0.2, -0.15) is 0 Å². The third-order valence-electron chi connectivity index (χ3n) is 2.84. The number of hydrogen-bond acceptors (Lipinski definition) is 0. The van der Waals surface area contributed by atoms with Crippen molar-refractivity contribution in [1.29, 1.82) is 0 Å². The van der Waals surface area contributed by atoms with Crippen LogP contribution in [0.15, 0.2) is 0 Å². The van der Waals surface area contributed by atoms with Gasteiger partial charge in [0, 0.05) is 0 Å². The first kappa shape index (κ1) is 9.09. The smallest absolute Gasteiger partial charge is 0.0414 e. The first-order valence-electron chi connectivity index (χ1n) is 5.22. The molecule has 0 aromatic heterocycles. The van der Waals surface area contributed by atoms with Gasteiger partial charge in [-0.05, 0) is 5.92 Å². The lowest BCUT2D eigenvalue weighted by Crippen LogP contribution is -2.02. The van der Waals surface area contributed by atoms with Crippen LogP contribution in [0.3, 0.4) is 0 Å². The summed E-state index contributed by atoms with van der Waals surface area (Å²) in [4.78, 5) is 0. The van der Waals surface area contributed by atoms with Gasteiger partial charge in [0.25, 0.3) is 0 Å². The number of hydrogen-bond donors (Lipinski definition) is 0. The molecule has 0 N–H and O–H groups in total. The van der Waals surface area contributed by atoms with Crippen LogP contribution >= 0.6 is 0 Å². The normalized spacial score (nSPS) is 22.6. The third-order valence-corrected chi connectivity index (χ3v) is 2.84. The summed E-state index contributed by atoms with van der Waals surface area (Å²) in [5, 5.41) is 0. The van der Waals surface area contributed by atoms with Crippen molar-refractivity contribution in [2.75, 3.05) is 0 Å². The van der Waals surface area contributed by atoms with Crippen molar-refractivity contribution in [1.82, 2.24) is 0 Å². The molecule has 1 aliphatic carbocycles. The predicted octanol–water partition coefficient (Wildman–Crippen LogP) is 3.96. The van der Waals surface area contributed by atoms with Gasteiger partial charge < -0.3 is 0 Å². The summed E-state index contributed by atoms with van der Waals surface area (Å²) < 4.78 is 0. The molecule has 11 heavy (non-hydrogen) atoms. The molecule has 0 bridgehead atoms.